The van der Waals surface area contributed by atoms with Gasteiger partial charge in [-0.1, -0.05) is 60.7 Å². The average molecular weight is 458 g/mol. The van der Waals surface area contributed by atoms with Crippen LogP contribution in [0.2, 0.25) is 0 Å². The number of nitrogens with two attached hydrogens (primary N) is 1. The van der Waals surface area contributed by atoms with Crippen molar-refractivity contribution >= 4 is 11.7 Å². The van der Waals surface area contributed by atoms with Gasteiger partial charge in [0.15, 0.2) is 5.78 Å². The van der Waals surface area contributed by atoms with Crippen molar-refractivity contribution in [3.8, 4) is 5.75 Å². The molecule has 0 radical (unpaired) electrons. The van der Waals surface area contributed by atoms with Gasteiger partial charge in [-0.3, -0.25) is 9.59 Å². The number of carbonyl (C=O) groups excluding carboxylic acids is 2. The molecule has 176 valence electrons. The van der Waals surface area contributed by atoms with Crippen LogP contribution in [-0.4, -0.2) is 48.0 Å². The number of rotatable bonds is 9. The molecule has 0 aliphatic carbocycles. The van der Waals surface area contributed by atoms with Gasteiger partial charge in [-0.2, -0.15) is 0 Å². The van der Waals surface area contributed by atoms with Crippen LogP contribution in [0, 0.1) is 5.92 Å². The van der Waals surface area contributed by atoms with E-state index in [4.69, 9.17) is 5.73 Å². The Morgan fingerprint density at radius 2 is 1.50 bits per heavy atom. The number of aromatic hydroxyl groups is 1. The fourth-order valence-corrected chi connectivity index (χ4v) is 5.68. The van der Waals surface area contributed by atoms with E-state index in [9.17, 15) is 14.7 Å². The van der Waals surface area contributed by atoms with Crippen molar-refractivity contribution in [1.29, 1.82) is 0 Å². The number of Topliss-reactive ketones (excluding diaryl/α,β-unsaturated/α-hetero) is 1. The van der Waals surface area contributed by atoms with Crippen LogP contribution in [0.5, 0.6) is 5.75 Å². The number of phenols is 1. The zero-order chi connectivity index (χ0) is 24.2. The minimum Gasteiger partial charge on any atom is -0.508 e. The van der Waals surface area contributed by atoms with Crippen molar-refractivity contribution in [1.82, 2.24) is 0 Å². The highest BCUT2D eigenvalue weighted by molar-refractivity contribution is 5.96. The van der Waals surface area contributed by atoms with Crippen LogP contribution in [0.4, 0.5) is 0 Å². The molecule has 5 heteroatoms. The van der Waals surface area contributed by atoms with Crippen molar-refractivity contribution < 1.29 is 19.2 Å². The Balaban J connectivity index is 1.53. The smallest absolute Gasteiger partial charge is 0.233 e. The Morgan fingerprint density at radius 3 is 2.03 bits per heavy atom. The number of nitrogens with zero attached hydrogens (tertiary/aromatic N) is 1. The highest BCUT2D eigenvalue weighted by Crippen LogP contribution is 2.45. The van der Waals surface area contributed by atoms with Crippen molar-refractivity contribution in [2.45, 2.75) is 24.7 Å². The summed E-state index contributed by atoms with van der Waals surface area (Å²) in [6, 6.07) is 26.2. The normalized spacial score (nSPS) is 20.2. The first-order valence-corrected chi connectivity index (χ1v) is 11.9. The summed E-state index contributed by atoms with van der Waals surface area (Å²) in [5.41, 5.74) is 7.83. The molecule has 3 N–H and O–H groups in total. The summed E-state index contributed by atoms with van der Waals surface area (Å²) < 4.78 is 0.808. The molecule has 3 aromatic rings. The Morgan fingerprint density at radius 1 is 0.941 bits per heavy atom. The Bertz CT molecular complexity index is 1090. The van der Waals surface area contributed by atoms with Gasteiger partial charge in [0.1, 0.15) is 11.2 Å². The van der Waals surface area contributed by atoms with Gasteiger partial charge >= 0.3 is 0 Å². The first-order chi connectivity index (χ1) is 16.3. The molecule has 34 heavy (non-hydrogen) atoms. The molecule has 2 atom stereocenters. The third-order valence-corrected chi connectivity index (χ3v) is 7.43. The van der Waals surface area contributed by atoms with Gasteiger partial charge in [0.2, 0.25) is 5.91 Å². The van der Waals surface area contributed by atoms with Crippen LogP contribution >= 0.6 is 0 Å². The lowest BCUT2D eigenvalue weighted by molar-refractivity contribution is -0.899. The molecule has 0 saturated carbocycles. The van der Waals surface area contributed by atoms with Crippen molar-refractivity contribution in [3.05, 3.63) is 102 Å². The fraction of sp³-hybridized carbons (Fsp3) is 0.310. The highest BCUT2D eigenvalue weighted by atomic mass is 16.3. The fourth-order valence-electron chi connectivity index (χ4n) is 5.68. The number of quaternary nitrogens is 1. The lowest BCUT2D eigenvalue weighted by Crippen LogP contribution is -2.51. The predicted octanol–water partition coefficient (Wildman–Crippen LogP) is 4.29. The largest absolute Gasteiger partial charge is 0.508 e. The van der Waals surface area contributed by atoms with E-state index in [2.05, 4.69) is 7.05 Å². The predicted molar refractivity (Wildman–Crippen MR) is 133 cm³/mol. The summed E-state index contributed by atoms with van der Waals surface area (Å²) in [4.78, 5) is 25.8. The summed E-state index contributed by atoms with van der Waals surface area (Å²) in [6.07, 6.45) is 2.11. The molecule has 5 nitrogen and oxygen atoms in total. The summed E-state index contributed by atoms with van der Waals surface area (Å²) >= 11 is 0. The van der Waals surface area contributed by atoms with E-state index >= 15 is 0 Å². The molecule has 1 fully saturated rings. The number of amides is 1. The van der Waals surface area contributed by atoms with Crippen molar-refractivity contribution in [3.63, 3.8) is 0 Å². The highest BCUT2D eigenvalue weighted by Gasteiger charge is 2.53. The second-order valence-corrected chi connectivity index (χ2v) is 9.71. The van der Waals surface area contributed by atoms with Gasteiger partial charge in [-0.25, -0.2) is 0 Å². The summed E-state index contributed by atoms with van der Waals surface area (Å²) in [6.45, 7) is 2.62. The van der Waals surface area contributed by atoms with E-state index in [1.807, 2.05) is 60.7 Å². The molecular formula is C29H33N2O3+. The molecule has 1 amide bonds. The van der Waals surface area contributed by atoms with Crippen LogP contribution in [-0.2, 0) is 10.2 Å². The molecule has 3 aromatic carbocycles. The van der Waals surface area contributed by atoms with E-state index in [1.165, 1.54) is 0 Å². The molecule has 2 unspecified atom stereocenters. The van der Waals surface area contributed by atoms with E-state index in [0.29, 0.717) is 12.0 Å². The molecular weight excluding hydrogens is 424 g/mol. The van der Waals surface area contributed by atoms with Gasteiger partial charge in [-0.15, -0.1) is 0 Å². The molecule has 1 heterocycles. The number of hydrogen-bond acceptors (Lipinski definition) is 3. The topological polar surface area (TPSA) is 80.4 Å². The van der Waals surface area contributed by atoms with Gasteiger partial charge in [-0.05, 0) is 35.4 Å². The molecule has 1 aliphatic heterocycles. The summed E-state index contributed by atoms with van der Waals surface area (Å²) in [7, 11) is 2.22. The van der Waals surface area contributed by atoms with Gasteiger partial charge in [0.05, 0.1) is 26.7 Å². The Kier molecular flexibility index (Phi) is 6.85. The second-order valence-electron chi connectivity index (χ2n) is 9.71. The maximum atomic E-state index is 13.3. The van der Waals surface area contributed by atoms with E-state index in [-0.39, 0.29) is 23.4 Å². The maximum Gasteiger partial charge on any atom is 0.233 e. The van der Waals surface area contributed by atoms with E-state index in [0.717, 1.165) is 48.1 Å². The number of hydrogen-bond donors (Lipinski definition) is 2. The first-order valence-electron chi connectivity index (χ1n) is 11.9. The summed E-state index contributed by atoms with van der Waals surface area (Å²) in [5.74, 6) is -0.00616. The quantitative estimate of drug-likeness (QED) is 0.372. The average Bonchev–Trinajstić information content (AvgIpc) is 3.23. The van der Waals surface area contributed by atoms with Crippen LogP contribution < -0.4 is 5.73 Å². The second kappa shape index (κ2) is 9.82. The molecule has 4 rings (SSSR count). The maximum absolute atomic E-state index is 13.3. The SMILES string of the molecule is C[N+]1(CCCC(=O)c2ccc(O)cc2)CCC(C(C(N)=O)(c2ccccc2)c2ccccc2)C1. The molecule has 0 spiro atoms. The zero-order valence-electron chi connectivity index (χ0n) is 19.7. The number of benzene rings is 3. The Labute approximate surface area is 201 Å². The number of phenolic OH excluding ortho intramolecular Hbond substituents is 1. The molecule has 1 saturated heterocycles. The number of carbonyl (C=O) groups is 2. The number of likely N-dealkylation sites (tertiary alicyclic amines) is 1. The third kappa shape index (κ3) is 4.62. The van der Waals surface area contributed by atoms with Gasteiger partial charge in [0, 0.05) is 30.7 Å². The van der Waals surface area contributed by atoms with E-state index < -0.39 is 5.41 Å². The van der Waals surface area contributed by atoms with Crippen molar-refractivity contribution in [2.24, 2.45) is 11.7 Å². The van der Waals surface area contributed by atoms with Gasteiger partial charge < -0.3 is 15.3 Å². The summed E-state index contributed by atoms with van der Waals surface area (Å²) in [5, 5.41) is 9.44. The lowest BCUT2D eigenvalue weighted by atomic mass is 9.64. The van der Waals surface area contributed by atoms with Gasteiger partial charge in [0.25, 0.3) is 0 Å². The molecule has 1 aliphatic rings. The molecule has 0 aromatic heterocycles. The third-order valence-electron chi connectivity index (χ3n) is 7.43. The monoisotopic (exact) mass is 457 g/mol. The first kappa shape index (κ1) is 23.7. The minimum absolute atomic E-state index is 0.0626. The number of ketones is 1. The van der Waals surface area contributed by atoms with Crippen LogP contribution in [0.25, 0.3) is 0 Å². The Hall–Kier alpha value is -3.44. The zero-order valence-corrected chi connectivity index (χ0v) is 19.7. The molecule has 0 bridgehead atoms. The number of primary amides is 1. The van der Waals surface area contributed by atoms with Crippen LogP contribution in [0.3, 0.4) is 0 Å². The minimum atomic E-state index is -0.889. The lowest BCUT2D eigenvalue weighted by Gasteiger charge is -2.38. The van der Waals surface area contributed by atoms with Crippen molar-refractivity contribution in [2.75, 3.05) is 26.7 Å². The van der Waals surface area contributed by atoms with E-state index in [1.54, 1.807) is 24.3 Å². The standard InChI is InChI=1S/C29H32N2O3/c1-31(19-8-13-27(33)22-14-16-26(32)17-15-22)20-18-25(21-31)29(28(30)34,23-9-4-2-5-10-23)24-11-6-3-7-12-24/h2-7,9-12,14-17,25H,8,13,18-21H2,1H3,(H2-,30,32,33,34)/p+1. The van der Waals surface area contributed by atoms with Crippen LogP contribution in [0.15, 0.2) is 84.9 Å². The van der Waals surface area contributed by atoms with Crippen LogP contribution in [0.1, 0.15) is 40.7 Å².